The summed E-state index contributed by atoms with van der Waals surface area (Å²) in [6.07, 6.45) is 0. The minimum absolute atomic E-state index is 0.528. The van der Waals surface area contributed by atoms with Crippen molar-refractivity contribution in [1.29, 1.82) is 5.26 Å². The summed E-state index contributed by atoms with van der Waals surface area (Å²) in [6.45, 7) is 0.562. The molecule has 0 saturated heterocycles. The van der Waals surface area contributed by atoms with Crippen molar-refractivity contribution in [2.75, 3.05) is 28.4 Å². The Kier molecular flexibility index (Phi) is 4.24. The highest BCUT2D eigenvalue weighted by Crippen LogP contribution is 2.45. The minimum atomic E-state index is 0.528. The first-order chi connectivity index (χ1) is 10.1. The van der Waals surface area contributed by atoms with E-state index < -0.39 is 0 Å². The van der Waals surface area contributed by atoms with Crippen LogP contribution in [0.1, 0.15) is 11.3 Å². The number of methoxy groups -OCH3 is 3. The summed E-state index contributed by atoms with van der Waals surface area (Å²) >= 11 is 0. The number of nitrogens with zero attached hydrogens (tertiary/aromatic N) is 2. The molecule has 1 aromatic heterocycles. The number of nitriles is 1. The van der Waals surface area contributed by atoms with Gasteiger partial charge in [-0.3, -0.25) is 0 Å². The van der Waals surface area contributed by atoms with Crippen LogP contribution in [0, 0.1) is 11.3 Å². The summed E-state index contributed by atoms with van der Waals surface area (Å²) in [5.74, 6) is 1.68. The fraction of sp³-hybridized carbons (Fsp3) is 0.400. The standard InChI is InChI=1S/C15H19N3O3/c1-17-8-9-11(7-16)18(2)10-6-12(19-3)14(20-4)15(21-5)13(9)10/h6,17H,8H2,1-5H3. The highest BCUT2D eigenvalue weighted by molar-refractivity contribution is 5.96. The fourth-order valence-electron chi connectivity index (χ4n) is 2.63. The van der Waals surface area contributed by atoms with Crippen LogP contribution in [-0.4, -0.2) is 32.9 Å². The van der Waals surface area contributed by atoms with Crippen LogP contribution in [0.3, 0.4) is 0 Å². The van der Waals surface area contributed by atoms with Gasteiger partial charge in [0.15, 0.2) is 11.5 Å². The lowest BCUT2D eigenvalue weighted by atomic mass is 10.1. The highest BCUT2D eigenvalue weighted by Gasteiger charge is 2.24. The van der Waals surface area contributed by atoms with Gasteiger partial charge in [0.05, 0.1) is 32.2 Å². The molecule has 6 heteroatoms. The maximum absolute atomic E-state index is 9.44. The van der Waals surface area contributed by atoms with Crippen LogP contribution in [0.5, 0.6) is 17.2 Å². The average molecular weight is 289 g/mol. The highest BCUT2D eigenvalue weighted by atomic mass is 16.5. The topological polar surface area (TPSA) is 68.4 Å². The van der Waals surface area contributed by atoms with Gasteiger partial charge in [-0.25, -0.2) is 0 Å². The molecule has 6 nitrogen and oxygen atoms in total. The molecule has 0 radical (unpaired) electrons. The molecule has 0 unspecified atom stereocenters. The van der Waals surface area contributed by atoms with Gasteiger partial charge in [-0.05, 0) is 7.05 Å². The van der Waals surface area contributed by atoms with E-state index in [1.165, 1.54) is 0 Å². The second-order valence-electron chi connectivity index (χ2n) is 4.57. The first-order valence-corrected chi connectivity index (χ1v) is 6.49. The monoisotopic (exact) mass is 289 g/mol. The van der Waals surface area contributed by atoms with Gasteiger partial charge in [-0.2, -0.15) is 5.26 Å². The minimum Gasteiger partial charge on any atom is -0.493 e. The Morgan fingerprint density at radius 1 is 1.19 bits per heavy atom. The molecule has 0 spiro atoms. The number of benzene rings is 1. The zero-order chi connectivity index (χ0) is 15.6. The van der Waals surface area contributed by atoms with E-state index in [-0.39, 0.29) is 0 Å². The van der Waals surface area contributed by atoms with E-state index in [4.69, 9.17) is 14.2 Å². The number of hydrogen-bond acceptors (Lipinski definition) is 5. The van der Waals surface area contributed by atoms with E-state index in [2.05, 4.69) is 11.4 Å². The van der Waals surface area contributed by atoms with Crippen LogP contribution in [0.25, 0.3) is 10.9 Å². The number of hydrogen-bond donors (Lipinski definition) is 1. The first kappa shape index (κ1) is 15.0. The lowest BCUT2D eigenvalue weighted by Crippen LogP contribution is -2.07. The van der Waals surface area contributed by atoms with Crippen LogP contribution < -0.4 is 19.5 Å². The summed E-state index contributed by atoms with van der Waals surface area (Å²) in [5.41, 5.74) is 2.34. The van der Waals surface area contributed by atoms with Crippen molar-refractivity contribution in [1.82, 2.24) is 9.88 Å². The van der Waals surface area contributed by atoms with Gasteiger partial charge < -0.3 is 24.1 Å². The van der Waals surface area contributed by atoms with Crippen molar-refractivity contribution in [3.05, 3.63) is 17.3 Å². The van der Waals surface area contributed by atoms with Crippen LogP contribution >= 0.6 is 0 Å². The Labute approximate surface area is 123 Å². The van der Waals surface area contributed by atoms with E-state index in [1.807, 2.05) is 24.7 Å². The van der Waals surface area contributed by atoms with E-state index in [0.717, 1.165) is 16.5 Å². The average Bonchev–Trinajstić information content (AvgIpc) is 2.77. The third-order valence-electron chi connectivity index (χ3n) is 3.55. The number of nitrogens with one attached hydrogen (secondary N) is 1. The van der Waals surface area contributed by atoms with E-state index in [1.54, 1.807) is 21.3 Å². The zero-order valence-electron chi connectivity index (χ0n) is 12.9. The molecule has 0 atom stereocenters. The number of aromatic nitrogens is 1. The smallest absolute Gasteiger partial charge is 0.204 e. The second kappa shape index (κ2) is 5.94. The molecule has 0 fully saturated rings. The Hall–Kier alpha value is -2.39. The number of aryl methyl sites for hydroxylation is 1. The third-order valence-corrected chi connectivity index (χ3v) is 3.55. The lowest BCUT2D eigenvalue weighted by molar-refractivity contribution is 0.327. The molecule has 0 aliphatic heterocycles. The van der Waals surface area contributed by atoms with Gasteiger partial charge >= 0.3 is 0 Å². The molecule has 2 rings (SSSR count). The zero-order valence-corrected chi connectivity index (χ0v) is 12.9. The van der Waals surface area contributed by atoms with E-state index in [9.17, 15) is 5.26 Å². The first-order valence-electron chi connectivity index (χ1n) is 6.49. The third kappa shape index (κ3) is 2.16. The molecular formula is C15H19N3O3. The van der Waals surface area contributed by atoms with Crippen LogP contribution in [0.2, 0.25) is 0 Å². The Morgan fingerprint density at radius 3 is 2.33 bits per heavy atom. The predicted octanol–water partition coefficient (Wildman–Crippen LogP) is 1.80. The summed E-state index contributed by atoms with van der Waals surface area (Å²) in [4.78, 5) is 0. The number of fused-ring (bicyclic) bond motifs is 1. The maximum Gasteiger partial charge on any atom is 0.204 e. The van der Waals surface area contributed by atoms with E-state index in [0.29, 0.717) is 29.5 Å². The van der Waals surface area contributed by atoms with Gasteiger partial charge in [-0.15, -0.1) is 0 Å². The van der Waals surface area contributed by atoms with Gasteiger partial charge in [0.25, 0.3) is 0 Å². The summed E-state index contributed by atoms with van der Waals surface area (Å²) in [5, 5.41) is 13.4. The molecule has 21 heavy (non-hydrogen) atoms. The molecule has 1 aromatic carbocycles. The molecule has 1 heterocycles. The van der Waals surface area contributed by atoms with Crippen LogP contribution in [-0.2, 0) is 13.6 Å². The van der Waals surface area contributed by atoms with Crippen molar-refractivity contribution in [3.63, 3.8) is 0 Å². The Balaban J connectivity index is 2.98. The van der Waals surface area contributed by atoms with Crippen LogP contribution in [0.15, 0.2) is 6.07 Å². The Bertz CT molecular complexity index is 713. The molecule has 0 aliphatic rings. The largest absolute Gasteiger partial charge is 0.493 e. The summed E-state index contributed by atoms with van der Waals surface area (Å²) in [7, 11) is 8.42. The van der Waals surface area contributed by atoms with Gasteiger partial charge in [-0.1, -0.05) is 0 Å². The molecule has 0 saturated carbocycles. The van der Waals surface area contributed by atoms with Crippen molar-refractivity contribution in [2.45, 2.75) is 6.54 Å². The normalized spacial score (nSPS) is 10.5. The predicted molar refractivity (Wildman–Crippen MR) is 80.1 cm³/mol. The summed E-state index contributed by atoms with van der Waals surface area (Å²) in [6, 6.07) is 4.11. The maximum atomic E-state index is 9.44. The summed E-state index contributed by atoms with van der Waals surface area (Å²) < 4.78 is 18.2. The van der Waals surface area contributed by atoms with Crippen molar-refractivity contribution in [3.8, 4) is 23.3 Å². The Morgan fingerprint density at radius 2 is 1.86 bits per heavy atom. The number of ether oxygens (including phenoxy) is 3. The molecule has 2 aromatic rings. The molecule has 0 aliphatic carbocycles. The lowest BCUT2D eigenvalue weighted by Gasteiger charge is -2.14. The van der Waals surface area contributed by atoms with Crippen LogP contribution in [0.4, 0.5) is 0 Å². The van der Waals surface area contributed by atoms with Gasteiger partial charge in [0.2, 0.25) is 5.75 Å². The second-order valence-corrected chi connectivity index (χ2v) is 4.57. The molecule has 112 valence electrons. The number of rotatable bonds is 5. The molecule has 1 N–H and O–H groups in total. The molecule has 0 amide bonds. The quantitative estimate of drug-likeness (QED) is 0.909. The molecular weight excluding hydrogens is 270 g/mol. The molecule has 0 bridgehead atoms. The van der Waals surface area contributed by atoms with Gasteiger partial charge in [0, 0.05) is 25.2 Å². The van der Waals surface area contributed by atoms with Crippen molar-refractivity contribution in [2.24, 2.45) is 7.05 Å². The SMILES string of the molecule is CNCc1c(C#N)n(C)c2cc(OC)c(OC)c(OC)c12. The van der Waals surface area contributed by atoms with Crippen molar-refractivity contribution < 1.29 is 14.2 Å². The van der Waals surface area contributed by atoms with E-state index >= 15 is 0 Å². The van der Waals surface area contributed by atoms with Crippen molar-refractivity contribution >= 4 is 10.9 Å². The van der Waals surface area contributed by atoms with Gasteiger partial charge in [0.1, 0.15) is 11.8 Å². The fourth-order valence-corrected chi connectivity index (χ4v) is 2.63.